The van der Waals surface area contributed by atoms with Gasteiger partial charge in [0.2, 0.25) is 0 Å². The van der Waals surface area contributed by atoms with Crippen molar-refractivity contribution < 1.29 is 14.2 Å². The molecule has 5 rings (SSSR count). The summed E-state index contributed by atoms with van der Waals surface area (Å²) in [5.74, 6) is 2.15. The first-order valence-corrected chi connectivity index (χ1v) is 12.3. The summed E-state index contributed by atoms with van der Waals surface area (Å²) < 4.78 is 19.3. The fraction of sp³-hybridized carbons (Fsp3) is 0.500. The number of rotatable bonds is 8. The molecule has 3 aromatic rings. The smallest absolute Gasteiger partial charge is 0.319 e. The van der Waals surface area contributed by atoms with Gasteiger partial charge in [0.15, 0.2) is 11.6 Å². The summed E-state index contributed by atoms with van der Waals surface area (Å²) in [6.07, 6.45) is 9.49. The van der Waals surface area contributed by atoms with Crippen molar-refractivity contribution in [3.63, 3.8) is 0 Å². The molecule has 35 heavy (non-hydrogen) atoms. The van der Waals surface area contributed by atoms with Crippen LogP contribution >= 0.6 is 11.6 Å². The average Bonchev–Trinajstić information content (AvgIpc) is 3.54. The van der Waals surface area contributed by atoms with Crippen LogP contribution in [0.2, 0.25) is 5.15 Å². The summed E-state index contributed by atoms with van der Waals surface area (Å²) in [6, 6.07) is 3.98. The molecule has 0 radical (unpaired) electrons. The molecule has 10 nitrogen and oxygen atoms in total. The Balaban J connectivity index is 1.15. The molecular weight excluding hydrogens is 470 g/mol. The molecule has 0 spiro atoms. The fourth-order valence-corrected chi connectivity index (χ4v) is 4.53. The molecule has 2 N–H and O–H groups in total. The van der Waals surface area contributed by atoms with E-state index in [0.29, 0.717) is 41.9 Å². The predicted octanol–water partition coefficient (Wildman–Crippen LogP) is 3.36. The second kappa shape index (κ2) is 10.7. The Hall–Kier alpha value is -3.11. The van der Waals surface area contributed by atoms with Gasteiger partial charge in [-0.3, -0.25) is 0 Å². The summed E-state index contributed by atoms with van der Waals surface area (Å²) in [7, 11) is 1.93. The van der Waals surface area contributed by atoms with Crippen LogP contribution in [0.15, 0.2) is 30.9 Å². The number of halogens is 1. The number of imidazole rings is 1. The van der Waals surface area contributed by atoms with Crippen LogP contribution in [-0.4, -0.2) is 63.5 Å². The summed E-state index contributed by atoms with van der Waals surface area (Å²) >= 11 is 6.25. The third kappa shape index (κ3) is 5.94. The first-order valence-electron chi connectivity index (χ1n) is 11.9. The highest BCUT2D eigenvalue weighted by Gasteiger charge is 2.23. The molecule has 0 saturated carbocycles. The van der Waals surface area contributed by atoms with Crippen molar-refractivity contribution >= 4 is 23.2 Å². The van der Waals surface area contributed by atoms with Gasteiger partial charge in [0.05, 0.1) is 24.7 Å². The number of aryl methyl sites for hydroxylation is 1. The van der Waals surface area contributed by atoms with Crippen LogP contribution in [0.3, 0.4) is 0 Å². The highest BCUT2D eigenvalue weighted by atomic mass is 35.5. The third-order valence-electron chi connectivity index (χ3n) is 6.38. The highest BCUT2D eigenvalue weighted by Crippen LogP contribution is 2.29. The number of hydrogen-bond donors (Lipinski definition) is 1. The lowest BCUT2D eigenvalue weighted by Gasteiger charge is -2.32. The Kier molecular flexibility index (Phi) is 7.19. The topological polar surface area (TPSA) is 113 Å². The van der Waals surface area contributed by atoms with Gasteiger partial charge in [0, 0.05) is 50.8 Å². The van der Waals surface area contributed by atoms with E-state index in [4.69, 9.17) is 31.5 Å². The molecule has 186 valence electrons. The van der Waals surface area contributed by atoms with E-state index in [1.807, 2.05) is 23.9 Å². The fourth-order valence-electron chi connectivity index (χ4n) is 4.36. The maximum absolute atomic E-state index is 6.25. The van der Waals surface area contributed by atoms with E-state index < -0.39 is 0 Å². The number of nitrogens with two attached hydrogens (primary N) is 1. The number of piperidine rings is 1. The van der Waals surface area contributed by atoms with Crippen LogP contribution in [0.5, 0.6) is 11.8 Å². The molecule has 0 unspecified atom stereocenters. The van der Waals surface area contributed by atoms with Gasteiger partial charge in [0.25, 0.3) is 0 Å². The minimum Gasteiger partial charge on any atom is -0.489 e. The van der Waals surface area contributed by atoms with E-state index in [-0.39, 0.29) is 6.10 Å². The largest absolute Gasteiger partial charge is 0.489 e. The quantitative estimate of drug-likeness (QED) is 0.466. The summed E-state index contributed by atoms with van der Waals surface area (Å²) in [6.45, 7) is 3.49. The van der Waals surface area contributed by atoms with Crippen molar-refractivity contribution in [2.24, 2.45) is 13.0 Å². The monoisotopic (exact) mass is 499 g/mol. The molecule has 3 aromatic heterocycles. The molecule has 0 amide bonds. The first-order chi connectivity index (χ1) is 17.0. The molecule has 2 aliphatic heterocycles. The van der Waals surface area contributed by atoms with Crippen LogP contribution in [-0.2, 0) is 11.8 Å². The standard InChI is InChI=1S/C24H30ClN7O3/c1-31-12-19(28-15-31)17-9-20(23(26)27-11-17)34-13-16-4-6-32(7-5-16)22-10-21(25)29-24(30-22)35-14-18-3-2-8-33-18/h9-12,15-16,18H,2-8,13-14H2,1H3,(H2,26,27)/t18-/m0/s1. The van der Waals surface area contributed by atoms with Crippen LogP contribution in [0.4, 0.5) is 11.6 Å². The molecule has 2 saturated heterocycles. The minimum absolute atomic E-state index is 0.102. The van der Waals surface area contributed by atoms with E-state index in [0.717, 1.165) is 62.5 Å². The van der Waals surface area contributed by atoms with E-state index in [1.54, 1.807) is 18.6 Å². The van der Waals surface area contributed by atoms with Crippen LogP contribution in [0, 0.1) is 5.92 Å². The average molecular weight is 500 g/mol. The molecule has 1 atom stereocenters. The van der Waals surface area contributed by atoms with Gasteiger partial charge in [-0.05, 0) is 37.7 Å². The van der Waals surface area contributed by atoms with Crippen molar-refractivity contribution in [2.75, 3.05) is 43.5 Å². The normalized spacial score (nSPS) is 18.7. The van der Waals surface area contributed by atoms with Crippen LogP contribution in [0.1, 0.15) is 25.7 Å². The van der Waals surface area contributed by atoms with Crippen LogP contribution < -0.4 is 20.1 Å². The lowest BCUT2D eigenvalue weighted by Crippen LogP contribution is -2.36. The van der Waals surface area contributed by atoms with E-state index in [2.05, 4.69) is 24.8 Å². The minimum atomic E-state index is 0.102. The number of nitrogens with zero attached hydrogens (tertiary/aromatic N) is 6. The number of aromatic nitrogens is 5. The summed E-state index contributed by atoms with van der Waals surface area (Å²) in [4.78, 5) is 19.7. The summed E-state index contributed by atoms with van der Waals surface area (Å²) in [5, 5.41) is 0.374. The Morgan fingerprint density at radius 3 is 2.71 bits per heavy atom. The van der Waals surface area contributed by atoms with Crippen LogP contribution in [0.25, 0.3) is 11.3 Å². The zero-order valence-corrected chi connectivity index (χ0v) is 20.5. The number of anilines is 2. The highest BCUT2D eigenvalue weighted by molar-refractivity contribution is 6.29. The molecule has 0 bridgehead atoms. The number of ether oxygens (including phenoxy) is 3. The molecule has 2 fully saturated rings. The Bertz CT molecular complexity index is 1140. The molecule has 2 aliphatic rings. The van der Waals surface area contributed by atoms with Gasteiger partial charge >= 0.3 is 6.01 Å². The SMILES string of the molecule is Cn1cnc(-c2cnc(N)c(OCC3CCN(c4cc(Cl)nc(OC[C@@H]5CCCO5)n4)CC3)c2)c1. The van der Waals surface area contributed by atoms with Crippen molar-refractivity contribution in [3.05, 3.63) is 36.0 Å². The van der Waals surface area contributed by atoms with E-state index in [1.165, 1.54) is 0 Å². The molecule has 0 aliphatic carbocycles. The van der Waals surface area contributed by atoms with Gasteiger partial charge in [0.1, 0.15) is 17.6 Å². The number of pyridine rings is 1. The lowest BCUT2D eigenvalue weighted by atomic mass is 9.98. The van der Waals surface area contributed by atoms with Crippen molar-refractivity contribution in [2.45, 2.75) is 31.8 Å². The predicted molar refractivity (Wildman–Crippen MR) is 133 cm³/mol. The lowest BCUT2D eigenvalue weighted by molar-refractivity contribution is 0.0645. The van der Waals surface area contributed by atoms with Crippen molar-refractivity contribution in [3.8, 4) is 23.0 Å². The van der Waals surface area contributed by atoms with E-state index >= 15 is 0 Å². The van der Waals surface area contributed by atoms with Crippen molar-refractivity contribution in [1.82, 2.24) is 24.5 Å². The molecule has 5 heterocycles. The molecule has 0 aromatic carbocycles. The Morgan fingerprint density at radius 2 is 1.97 bits per heavy atom. The number of hydrogen-bond acceptors (Lipinski definition) is 9. The van der Waals surface area contributed by atoms with Gasteiger partial charge < -0.3 is 29.4 Å². The maximum Gasteiger partial charge on any atom is 0.319 e. The van der Waals surface area contributed by atoms with Gasteiger partial charge in [-0.25, -0.2) is 9.97 Å². The second-order valence-electron chi connectivity index (χ2n) is 9.05. The van der Waals surface area contributed by atoms with Gasteiger partial charge in [-0.2, -0.15) is 9.97 Å². The molecular formula is C24H30ClN7O3. The first kappa shape index (κ1) is 23.6. The second-order valence-corrected chi connectivity index (χ2v) is 9.44. The Morgan fingerprint density at radius 1 is 1.11 bits per heavy atom. The van der Waals surface area contributed by atoms with Gasteiger partial charge in [-0.15, -0.1) is 0 Å². The zero-order chi connectivity index (χ0) is 24.2. The number of nitrogen functional groups attached to an aromatic ring is 1. The maximum atomic E-state index is 6.25. The molecule has 11 heteroatoms. The third-order valence-corrected chi connectivity index (χ3v) is 6.57. The summed E-state index contributed by atoms with van der Waals surface area (Å²) in [5.41, 5.74) is 7.77. The zero-order valence-electron chi connectivity index (χ0n) is 19.8. The van der Waals surface area contributed by atoms with E-state index in [9.17, 15) is 0 Å². The Labute approximate surface area is 209 Å². The van der Waals surface area contributed by atoms with Gasteiger partial charge in [-0.1, -0.05) is 11.6 Å². The van der Waals surface area contributed by atoms with Crippen molar-refractivity contribution in [1.29, 1.82) is 0 Å².